The molecule has 152 valence electrons. The highest BCUT2D eigenvalue weighted by Gasteiger charge is 2.47. The number of nitrogens with zero attached hydrogens (tertiary/aromatic N) is 2. The Balaban J connectivity index is 1.95. The summed E-state index contributed by atoms with van der Waals surface area (Å²) >= 11 is 0. The summed E-state index contributed by atoms with van der Waals surface area (Å²) in [5, 5.41) is 8.41. The van der Waals surface area contributed by atoms with E-state index in [0.717, 1.165) is 5.06 Å². The molecule has 2 aliphatic rings. The van der Waals surface area contributed by atoms with E-state index in [0.29, 0.717) is 5.57 Å². The summed E-state index contributed by atoms with van der Waals surface area (Å²) in [5.41, 5.74) is 0.638. The number of hydrogen-bond donors (Lipinski definition) is 3. The first kappa shape index (κ1) is 21.1. The lowest BCUT2D eigenvalue weighted by molar-refractivity contribution is -0.169. The maximum atomic E-state index is 12.5. The number of fused-ring (bicyclic) bond motifs is 2. The van der Waals surface area contributed by atoms with Gasteiger partial charge < -0.3 is 15.0 Å². The first-order valence-corrected chi connectivity index (χ1v) is 9.80. The second-order valence-electron chi connectivity index (χ2n) is 5.95. The van der Waals surface area contributed by atoms with Gasteiger partial charge in [-0.05, 0) is 19.4 Å². The predicted octanol–water partition coefficient (Wildman–Crippen LogP) is -2.17. The van der Waals surface area contributed by atoms with Crippen molar-refractivity contribution < 1.29 is 32.4 Å². The van der Waals surface area contributed by atoms with Crippen LogP contribution >= 0.6 is 0 Å². The number of nitrogens with two attached hydrogens (primary N) is 1. The van der Waals surface area contributed by atoms with E-state index in [1.165, 1.54) is 4.90 Å². The fourth-order valence-electron chi connectivity index (χ4n) is 2.90. The molecule has 12 nitrogen and oxygen atoms in total. The Hall–Kier alpha value is -2.22. The Morgan fingerprint density at radius 3 is 2.70 bits per heavy atom. The summed E-state index contributed by atoms with van der Waals surface area (Å²) < 4.78 is 28.4. The van der Waals surface area contributed by atoms with Gasteiger partial charge >= 0.3 is 12.0 Å². The van der Waals surface area contributed by atoms with Gasteiger partial charge in [-0.3, -0.25) is 9.63 Å². The first-order chi connectivity index (χ1) is 12.6. The second-order valence-corrected chi connectivity index (χ2v) is 7.33. The Kier molecular flexibility index (Phi) is 6.75. The summed E-state index contributed by atoms with van der Waals surface area (Å²) in [4.78, 5) is 43.0. The van der Waals surface area contributed by atoms with Crippen molar-refractivity contribution in [2.45, 2.75) is 25.9 Å². The van der Waals surface area contributed by atoms with Gasteiger partial charge in [-0.15, -0.1) is 0 Å². The van der Waals surface area contributed by atoms with Crippen LogP contribution in [0.2, 0.25) is 0 Å². The van der Waals surface area contributed by atoms with E-state index in [-0.39, 0.29) is 26.2 Å². The molecule has 27 heavy (non-hydrogen) atoms. The first-order valence-electron chi connectivity index (χ1n) is 8.25. The predicted molar refractivity (Wildman–Crippen MR) is 92.0 cm³/mol. The number of hydrogen-bond acceptors (Lipinski definition) is 7. The molecule has 2 aliphatic heterocycles. The van der Waals surface area contributed by atoms with Crippen LogP contribution in [0, 0.1) is 0 Å². The van der Waals surface area contributed by atoms with E-state index < -0.39 is 46.8 Å². The van der Waals surface area contributed by atoms with Crippen LogP contribution in [0.3, 0.4) is 0 Å². The fourth-order valence-corrected chi connectivity index (χ4v) is 3.29. The summed E-state index contributed by atoms with van der Waals surface area (Å²) in [6, 6.07) is -1.81. The zero-order valence-corrected chi connectivity index (χ0v) is 15.8. The molecule has 0 aliphatic carbocycles. The molecule has 4 N–H and O–H groups in total. The molecule has 0 unspecified atom stereocenters. The van der Waals surface area contributed by atoms with Crippen LogP contribution in [0.25, 0.3) is 0 Å². The number of amides is 3. The van der Waals surface area contributed by atoms with Crippen molar-refractivity contribution in [2.75, 3.05) is 32.8 Å². The van der Waals surface area contributed by atoms with Crippen LogP contribution in [0.15, 0.2) is 11.6 Å². The lowest BCUT2D eigenvalue weighted by Crippen LogP contribution is -2.51. The molecule has 0 aromatic carbocycles. The number of carbonyl (C=O) groups is 3. The molecule has 2 bridgehead atoms. The lowest BCUT2D eigenvalue weighted by atomic mass is 10.00. The second kappa shape index (κ2) is 8.65. The van der Waals surface area contributed by atoms with Crippen LogP contribution in [-0.4, -0.2) is 81.2 Å². The zero-order chi connectivity index (χ0) is 20.2. The van der Waals surface area contributed by atoms with Crippen molar-refractivity contribution in [2.24, 2.45) is 5.14 Å². The van der Waals surface area contributed by atoms with E-state index >= 15 is 0 Å². The van der Waals surface area contributed by atoms with Crippen LogP contribution < -0.4 is 15.2 Å². The number of urea groups is 1. The fraction of sp³-hybridized carbons (Fsp3) is 0.643. The van der Waals surface area contributed by atoms with Gasteiger partial charge in [-0.25, -0.2) is 19.5 Å². The van der Waals surface area contributed by atoms with Gasteiger partial charge in [0, 0.05) is 13.1 Å². The molecule has 0 radical (unpaired) electrons. The molecular weight excluding hydrogens is 382 g/mol. The van der Waals surface area contributed by atoms with Crippen molar-refractivity contribution in [1.29, 1.82) is 0 Å². The van der Waals surface area contributed by atoms with E-state index in [1.54, 1.807) is 19.9 Å². The molecule has 2 heterocycles. The third-order valence-corrected chi connectivity index (χ3v) is 4.53. The van der Waals surface area contributed by atoms with Gasteiger partial charge in [0.1, 0.15) is 6.04 Å². The van der Waals surface area contributed by atoms with E-state index in [9.17, 15) is 22.8 Å². The number of ether oxygens (including phenoxy) is 1. The maximum absolute atomic E-state index is 12.5. The molecule has 1 fully saturated rings. The minimum Gasteiger partial charge on any atom is -0.464 e. The number of nitrogens with one attached hydrogen (secondary N) is 2. The molecule has 0 aromatic rings. The highest BCUT2D eigenvalue weighted by atomic mass is 32.2. The Bertz CT molecular complexity index is 738. The van der Waals surface area contributed by atoms with Crippen molar-refractivity contribution in [3.63, 3.8) is 0 Å². The van der Waals surface area contributed by atoms with E-state index in [1.807, 2.05) is 4.72 Å². The number of rotatable bonds is 9. The standard InChI is InChI=1S/C14H23N5O7S/c1-3-25-11(20)8-26-19-10-6-9(2)12(18(7-10)14(19)22)13(21)16-4-5-17-27(15,23)24/h6,10,12,17H,3-5,7-8H2,1-2H3,(H,16,21)(H2,15,23,24)/t10-,12+/m1/s1. The average Bonchev–Trinajstić information content (AvgIpc) is 2.80. The average molecular weight is 405 g/mol. The third-order valence-electron chi connectivity index (χ3n) is 3.92. The molecule has 2 rings (SSSR count). The number of carbonyl (C=O) groups excluding carboxylic acids is 3. The Labute approximate surface area is 156 Å². The lowest BCUT2D eigenvalue weighted by Gasteiger charge is -2.29. The SMILES string of the molecule is CCOC(=O)CON1C(=O)N2C[C@H]1C=C(C)[C@H]2C(=O)NCCNS(N)(=O)=O. The highest BCUT2D eigenvalue weighted by Crippen LogP contribution is 2.29. The molecule has 0 saturated carbocycles. The zero-order valence-electron chi connectivity index (χ0n) is 15.0. The van der Waals surface area contributed by atoms with Gasteiger partial charge in [0.15, 0.2) is 6.61 Å². The minimum absolute atomic E-state index is 0.00751. The maximum Gasteiger partial charge on any atom is 0.345 e. The van der Waals surface area contributed by atoms with Crippen LogP contribution in [0.5, 0.6) is 0 Å². The topological polar surface area (TPSA) is 160 Å². The Morgan fingerprint density at radius 1 is 1.37 bits per heavy atom. The van der Waals surface area contributed by atoms with E-state index in [2.05, 4.69) is 5.32 Å². The molecule has 0 spiro atoms. The van der Waals surface area contributed by atoms with Gasteiger partial charge in [0.05, 0.1) is 19.2 Å². The van der Waals surface area contributed by atoms with Gasteiger partial charge in [-0.1, -0.05) is 6.08 Å². The van der Waals surface area contributed by atoms with Crippen molar-refractivity contribution in [3.8, 4) is 0 Å². The van der Waals surface area contributed by atoms with Crippen LogP contribution in [0.4, 0.5) is 4.79 Å². The quantitative estimate of drug-likeness (QED) is 0.223. The number of esters is 1. The van der Waals surface area contributed by atoms with Crippen molar-refractivity contribution in [1.82, 2.24) is 20.0 Å². The van der Waals surface area contributed by atoms with Crippen molar-refractivity contribution >= 4 is 28.1 Å². The summed E-state index contributed by atoms with van der Waals surface area (Å²) in [5.74, 6) is -1.06. The molecule has 0 aromatic heterocycles. The molecule has 13 heteroatoms. The Morgan fingerprint density at radius 2 is 2.07 bits per heavy atom. The molecule has 2 atom stereocenters. The summed E-state index contributed by atoms with van der Waals surface area (Å²) in [6.07, 6.45) is 1.72. The summed E-state index contributed by atoms with van der Waals surface area (Å²) in [6.45, 7) is 3.31. The van der Waals surface area contributed by atoms with Gasteiger partial charge in [0.2, 0.25) is 5.91 Å². The van der Waals surface area contributed by atoms with E-state index in [4.69, 9.17) is 14.7 Å². The molecule has 1 saturated heterocycles. The molecule has 3 amide bonds. The van der Waals surface area contributed by atoms with Crippen LogP contribution in [0.1, 0.15) is 13.8 Å². The third kappa shape index (κ3) is 5.38. The highest BCUT2D eigenvalue weighted by molar-refractivity contribution is 7.87. The van der Waals surface area contributed by atoms with Gasteiger partial charge in [-0.2, -0.15) is 13.5 Å². The summed E-state index contributed by atoms with van der Waals surface area (Å²) in [7, 11) is -3.84. The number of hydroxylamine groups is 2. The van der Waals surface area contributed by atoms with Gasteiger partial charge in [0.25, 0.3) is 10.2 Å². The van der Waals surface area contributed by atoms with Crippen LogP contribution in [-0.2, 0) is 29.4 Å². The smallest absolute Gasteiger partial charge is 0.345 e. The minimum atomic E-state index is -3.84. The molecular formula is C14H23N5O7S. The normalized spacial score (nSPS) is 21.9. The monoisotopic (exact) mass is 405 g/mol. The van der Waals surface area contributed by atoms with Crippen molar-refractivity contribution in [3.05, 3.63) is 11.6 Å². The largest absolute Gasteiger partial charge is 0.464 e.